The first-order valence-electron chi connectivity index (χ1n) is 16.2. The summed E-state index contributed by atoms with van der Waals surface area (Å²) in [5.41, 5.74) is 0.881. The lowest BCUT2D eigenvalue weighted by Crippen LogP contribution is -2.55. The van der Waals surface area contributed by atoms with Gasteiger partial charge in [0.05, 0.1) is 28.1 Å². The number of hydrogen-bond donors (Lipinski definition) is 0. The molecule has 0 spiro atoms. The summed E-state index contributed by atoms with van der Waals surface area (Å²) in [6, 6.07) is 5.90. The topological polar surface area (TPSA) is 89.5 Å². The number of likely N-dealkylation sites (N-methyl/N-ethyl adjacent to an activating group) is 2. The van der Waals surface area contributed by atoms with Crippen molar-refractivity contribution in [2.75, 3.05) is 74.2 Å². The number of hydrogen-bond acceptors (Lipinski definition) is 7. The van der Waals surface area contributed by atoms with Crippen molar-refractivity contribution in [2.24, 2.45) is 5.92 Å². The summed E-state index contributed by atoms with van der Waals surface area (Å²) >= 11 is 6.71. The van der Waals surface area contributed by atoms with Crippen LogP contribution in [-0.2, 0) is 25.3 Å². The van der Waals surface area contributed by atoms with Crippen molar-refractivity contribution >= 4 is 46.5 Å². The minimum Gasteiger partial charge on any atom is -0.374 e. The molecule has 260 valence electrons. The van der Waals surface area contributed by atoms with E-state index in [9.17, 15) is 27.6 Å². The molecule has 2 aromatic rings. The Balaban J connectivity index is 1.28. The Morgan fingerprint density at radius 3 is 2.52 bits per heavy atom. The van der Waals surface area contributed by atoms with Crippen LogP contribution in [0.25, 0.3) is 0 Å². The third-order valence-corrected chi connectivity index (χ3v) is 9.60. The molecule has 2 saturated heterocycles. The number of fused-ring (bicyclic) bond motifs is 2. The van der Waals surface area contributed by atoms with E-state index in [-0.39, 0.29) is 36.5 Å². The fourth-order valence-corrected chi connectivity index (χ4v) is 6.98. The van der Waals surface area contributed by atoms with Crippen LogP contribution in [-0.4, -0.2) is 104 Å². The largest absolute Gasteiger partial charge is 0.416 e. The number of amides is 3. The summed E-state index contributed by atoms with van der Waals surface area (Å²) < 4.78 is 47.2. The van der Waals surface area contributed by atoms with Crippen molar-refractivity contribution in [2.45, 2.75) is 51.9 Å². The Labute approximate surface area is 284 Å². The maximum atomic E-state index is 14.0. The molecule has 5 rings (SSSR count). The van der Waals surface area contributed by atoms with Gasteiger partial charge in [0.15, 0.2) is 0 Å². The van der Waals surface area contributed by atoms with Gasteiger partial charge in [-0.2, -0.15) is 13.2 Å². The fraction of sp³-hybridized carbons (Fsp3) is 0.529. The summed E-state index contributed by atoms with van der Waals surface area (Å²) in [4.78, 5) is 52.9. The number of para-hydroxylation sites is 1. The van der Waals surface area contributed by atoms with E-state index in [0.29, 0.717) is 61.2 Å². The number of anilines is 3. The Hall–Kier alpha value is -3.68. The number of carbonyl (C=O) groups excluding carboxylic acids is 3. The van der Waals surface area contributed by atoms with Crippen molar-refractivity contribution in [1.82, 2.24) is 14.8 Å². The van der Waals surface area contributed by atoms with Crippen molar-refractivity contribution < 1.29 is 32.3 Å². The van der Waals surface area contributed by atoms with Gasteiger partial charge in [0.2, 0.25) is 11.8 Å². The summed E-state index contributed by atoms with van der Waals surface area (Å²) in [5, 5.41) is 0.431. The highest BCUT2D eigenvalue weighted by molar-refractivity contribution is 6.34. The predicted octanol–water partition coefficient (Wildman–Crippen LogP) is 4.78. The maximum absolute atomic E-state index is 14.0. The van der Waals surface area contributed by atoms with Gasteiger partial charge in [-0.1, -0.05) is 38.1 Å². The number of benzene rings is 1. The number of carbonyl (C=O) groups is 3. The van der Waals surface area contributed by atoms with Crippen molar-refractivity contribution in [3.8, 4) is 0 Å². The van der Waals surface area contributed by atoms with Crippen LogP contribution in [0, 0.1) is 12.8 Å². The third kappa shape index (κ3) is 7.32. The molecule has 0 radical (unpaired) electrons. The molecule has 3 aliphatic heterocycles. The zero-order valence-corrected chi connectivity index (χ0v) is 28.5. The van der Waals surface area contributed by atoms with E-state index in [0.717, 1.165) is 30.1 Å². The lowest BCUT2D eigenvalue weighted by Gasteiger charge is -2.40. The second-order valence-corrected chi connectivity index (χ2v) is 13.0. The molecule has 10 nitrogen and oxygen atoms in total. The molecule has 0 N–H and O–H groups in total. The van der Waals surface area contributed by atoms with Gasteiger partial charge >= 0.3 is 6.18 Å². The average molecular weight is 691 g/mol. The number of rotatable bonds is 11. The van der Waals surface area contributed by atoms with Gasteiger partial charge in [-0.05, 0) is 50.7 Å². The van der Waals surface area contributed by atoms with Crippen LogP contribution in [0.15, 0.2) is 42.5 Å². The predicted molar refractivity (Wildman–Crippen MR) is 178 cm³/mol. The summed E-state index contributed by atoms with van der Waals surface area (Å²) in [7, 11) is 1.58. The number of aryl methyl sites for hydroxylation is 1. The minimum atomic E-state index is -4.64. The SMILES string of the molecule is C=C(CN(CC)CC)C(=O)N1CC(OCCCN2C[C@H]3CC(=O)N(c4cc(C(F)(F)F)cc(C)n4)[C@@H]3C(=O)N(C)c3cccc(Cl)c32)C1. The molecular weight excluding hydrogens is 649 g/mol. The fourth-order valence-electron chi connectivity index (χ4n) is 6.69. The van der Waals surface area contributed by atoms with Crippen molar-refractivity contribution in [3.05, 3.63) is 58.8 Å². The molecule has 48 heavy (non-hydrogen) atoms. The van der Waals surface area contributed by atoms with Crippen LogP contribution in [0.3, 0.4) is 0 Å². The Morgan fingerprint density at radius 1 is 1.15 bits per heavy atom. The number of likely N-dealkylation sites (tertiary alicyclic amines) is 1. The second-order valence-electron chi connectivity index (χ2n) is 12.6. The first-order valence-corrected chi connectivity index (χ1v) is 16.6. The van der Waals surface area contributed by atoms with Crippen LogP contribution in [0.5, 0.6) is 0 Å². The second kappa shape index (κ2) is 14.4. The first-order chi connectivity index (χ1) is 22.7. The number of alkyl halides is 3. The number of pyridine rings is 1. The van der Waals surface area contributed by atoms with Gasteiger partial charge in [0.25, 0.3) is 5.91 Å². The Bertz CT molecular complexity index is 1560. The minimum absolute atomic E-state index is 0.0422. The molecular formula is C34H42ClF3N6O4. The van der Waals surface area contributed by atoms with Crippen molar-refractivity contribution in [3.63, 3.8) is 0 Å². The van der Waals surface area contributed by atoms with Crippen LogP contribution in [0.1, 0.15) is 37.9 Å². The molecule has 1 aromatic carbocycles. The van der Waals surface area contributed by atoms with E-state index in [1.54, 1.807) is 30.1 Å². The molecule has 0 bridgehead atoms. The Morgan fingerprint density at radius 2 is 1.85 bits per heavy atom. The molecule has 0 saturated carbocycles. The highest BCUT2D eigenvalue weighted by atomic mass is 35.5. The quantitative estimate of drug-likeness (QED) is 0.248. The average Bonchev–Trinajstić information content (AvgIpc) is 3.34. The molecule has 0 aliphatic carbocycles. The highest BCUT2D eigenvalue weighted by Crippen LogP contribution is 2.43. The monoisotopic (exact) mass is 690 g/mol. The zero-order valence-electron chi connectivity index (χ0n) is 27.7. The molecule has 3 aliphatic rings. The van der Waals surface area contributed by atoms with E-state index < -0.39 is 35.5 Å². The molecule has 2 fully saturated rings. The molecule has 14 heteroatoms. The number of ether oxygens (including phenoxy) is 1. The molecule has 0 unspecified atom stereocenters. The van der Waals surface area contributed by atoms with E-state index in [2.05, 4.69) is 16.5 Å². The van der Waals surface area contributed by atoms with Gasteiger partial charge in [-0.25, -0.2) is 4.98 Å². The first kappa shape index (κ1) is 35.6. The lowest BCUT2D eigenvalue weighted by atomic mass is 9.95. The third-order valence-electron chi connectivity index (χ3n) is 9.30. The van der Waals surface area contributed by atoms with E-state index in [1.165, 1.54) is 11.8 Å². The van der Waals surface area contributed by atoms with Gasteiger partial charge in [-0.3, -0.25) is 24.2 Å². The van der Waals surface area contributed by atoms with Crippen molar-refractivity contribution in [1.29, 1.82) is 0 Å². The standard InChI is InChI=1S/C34H42ClF3N6O4/c1-6-41(7-2)17-21(3)32(46)43-19-25(20-43)48-13-9-12-42-18-23-15-29(45)44(28-16-24(34(36,37)38)14-22(4)39-28)30(23)33(47)40(5)27-11-8-10-26(35)31(27)42/h8,10-11,14,16,23,25,30H,3,6-7,9,12-13,15,17-20H2,1-2,4-5H3/t23-,30+/m1/s1. The van der Waals surface area contributed by atoms with E-state index in [4.69, 9.17) is 16.3 Å². The number of halogens is 4. The van der Waals surface area contributed by atoms with Gasteiger partial charge in [0, 0.05) is 70.0 Å². The van der Waals surface area contributed by atoms with Crippen LogP contribution in [0.2, 0.25) is 5.02 Å². The highest BCUT2D eigenvalue weighted by Gasteiger charge is 2.49. The van der Waals surface area contributed by atoms with E-state index in [1.807, 2.05) is 18.7 Å². The molecule has 3 amide bonds. The normalized spacial score (nSPS) is 20.1. The Kier molecular flexibility index (Phi) is 10.7. The van der Waals surface area contributed by atoms with Gasteiger partial charge in [0.1, 0.15) is 11.9 Å². The summed E-state index contributed by atoms with van der Waals surface area (Å²) in [5.74, 6) is -1.69. The van der Waals surface area contributed by atoms with Crippen LogP contribution in [0.4, 0.5) is 30.4 Å². The number of nitrogens with zero attached hydrogens (tertiary/aromatic N) is 6. The summed E-state index contributed by atoms with van der Waals surface area (Å²) in [6.45, 7) is 13.9. The zero-order chi connectivity index (χ0) is 34.9. The molecule has 2 atom stereocenters. The smallest absolute Gasteiger partial charge is 0.374 e. The number of aromatic nitrogens is 1. The van der Waals surface area contributed by atoms with Gasteiger partial charge in [-0.15, -0.1) is 0 Å². The van der Waals surface area contributed by atoms with Crippen LogP contribution >= 0.6 is 11.6 Å². The lowest BCUT2D eigenvalue weighted by molar-refractivity contribution is -0.141. The van der Waals surface area contributed by atoms with E-state index >= 15 is 0 Å². The molecule has 4 heterocycles. The summed E-state index contributed by atoms with van der Waals surface area (Å²) in [6.07, 6.45) is -4.19. The molecule has 1 aromatic heterocycles. The van der Waals surface area contributed by atoms with Crippen LogP contribution < -0.4 is 14.7 Å². The maximum Gasteiger partial charge on any atom is 0.416 e. The van der Waals surface area contributed by atoms with Gasteiger partial charge < -0.3 is 19.4 Å².